The van der Waals surface area contributed by atoms with Gasteiger partial charge in [0.15, 0.2) is 0 Å². The average Bonchev–Trinajstić information content (AvgIpc) is 2.36. The van der Waals surface area contributed by atoms with Gasteiger partial charge in [-0.3, -0.25) is 4.79 Å². The van der Waals surface area contributed by atoms with Crippen LogP contribution in [0.5, 0.6) is 5.75 Å². The Labute approximate surface area is 124 Å². The molecule has 0 unspecified atom stereocenters. The highest BCUT2D eigenvalue weighted by atomic mass is 79.9. The number of benzene rings is 2. The summed E-state index contributed by atoms with van der Waals surface area (Å²) in [5.74, 6) is -0.0748. The first-order valence-electron chi connectivity index (χ1n) is 5.57. The van der Waals surface area contributed by atoms with Crippen LogP contribution in [0.3, 0.4) is 0 Å². The smallest absolute Gasteiger partial charge is 0.253 e. The predicted molar refractivity (Wildman–Crippen MR) is 78.4 cm³/mol. The third-order valence-electron chi connectivity index (χ3n) is 2.54. The lowest BCUT2D eigenvalue weighted by molar-refractivity contribution is 0.0951. The van der Waals surface area contributed by atoms with Gasteiger partial charge in [-0.15, -0.1) is 0 Å². The summed E-state index contributed by atoms with van der Waals surface area (Å²) in [5, 5.41) is 12.5. The molecule has 0 aliphatic heterocycles. The van der Waals surface area contributed by atoms with Gasteiger partial charge in [0.05, 0.1) is 10.6 Å². The molecule has 2 aromatic rings. The fourth-order valence-electron chi connectivity index (χ4n) is 1.62. The molecular formula is C14H11BrClNO2. The van der Waals surface area contributed by atoms with E-state index in [1.54, 1.807) is 36.4 Å². The molecule has 2 N–H and O–H groups in total. The standard InChI is InChI=1S/C14H11BrClNO2/c15-10-4-5-12(13(16)7-10)14(19)17-8-9-2-1-3-11(18)6-9/h1-7,18H,8H2,(H,17,19). The van der Waals surface area contributed by atoms with E-state index in [0.29, 0.717) is 17.1 Å². The normalized spacial score (nSPS) is 10.2. The number of carbonyl (C=O) groups is 1. The Bertz CT molecular complexity index is 616. The maximum Gasteiger partial charge on any atom is 0.253 e. The monoisotopic (exact) mass is 339 g/mol. The molecule has 0 aliphatic rings. The van der Waals surface area contributed by atoms with Crippen LogP contribution in [0, 0.1) is 0 Å². The number of amides is 1. The van der Waals surface area contributed by atoms with Crippen LogP contribution >= 0.6 is 27.5 Å². The van der Waals surface area contributed by atoms with Crippen LogP contribution in [0.25, 0.3) is 0 Å². The maximum atomic E-state index is 12.0. The van der Waals surface area contributed by atoms with Crippen LogP contribution in [-0.4, -0.2) is 11.0 Å². The first-order chi connectivity index (χ1) is 9.06. The summed E-state index contributed by atoms with van der Waals surface area (Å²) in [5.41, 5.74) is 1.24. The van der Waals surface area contributed by atoms with Gasteiger partial charge in [0.25, 0.3) is 5.91 Å². The maximum absolute atomic E-state index is 12.0. The van der Waals surface area contributed by atoms with Crippen molar-refractivity contribution < 1.29 is 9.90 Å². The number of phenols is 1. The molecule has 0 atom stereocenters. The van der Waals surface area contributed by atoms with Gasteiger partial charge in [-0.1, -0.05) is 39.7 Å². The molecule has 19 heavy (non-hydrogen) atoms. The number of halogens is 2. The molecule has 98 valence electrons. The van der Waals surface area contributed by atoms with Crippen LogP contribution in [0.15, 0.2) is 46.9 Å². The number of aromatic hydroxyl groups is 1. The third-order valence-corrected chi connectivity index (χ3v) is 3.35. The first kappa shape index (κ1) is 13.9. The lowest BCUT2D eigenvalue weighted by atomic mass is 10.2. The zero-order valence-electron chi connectivity index (χ0n) is 9.86. The van der Waals surface area contributed by atoms with E-state index in [2.05, 4.69) is 21.2 Å². The summed E-state index contributed by atoms with van der Waals surface area (Å²) in [6.07, 6.45) is 0. The minimum atomic E-state index is -0.249. The van der Waals surface area contributed by atoms with Crippen molar-refractivity contribution in [2.45, 2.75) is 6.54 Å². The van der Waals surface area contributed by atoms with Crippen molar-refractivity contribution >= 4 is 33.4 Å². The van der Waals surface area contributed by atoms with Crippen molar-refractivity contribution in [1.29, 1.82) is 0 Å². The molecule has 5 heteroatoms. The van der Waals surface area contributed by atoms with E-state index in [0.717, 1.165) is 10.0 Å². The second-order valence-corrected chi connectivity index (χ2v) is 5.30. The molecule has 1 amide bonds. The fraction of sp³-hybridized carbons (Fsp3) is 0.0714. The van der Waals surface area contributed by atoms with Gasteiger partial charge < -0.3 is 10.4 Å². The fourth-order valence-corrected chi connectivity index (χ4v) is 2.38. The van der Waals surface area contributed by atoms with Crippen LogP contribution < -0.4 is 5.32 Å². The highest BCUT2D eigenvalue weighted by Crippen LogP contribution is 2.21. The number of rotatable bonds is 3. The Morgan fingerprint density at radius 2 is 2.05 bits per heavy atom. The van der Waals surface area contributed by atoms with Gasteiger partial charge in [-0.05, 0) is 35.9 Å². The van der Waals surface area contributed by atoms with Crippen molar-refractivity contribution in [3.05, 3.63) is 63.1 Å². The van der Waals surface area contributed by atoms with Crippen molar-refractivity contribution in [2.24, 2.45) is 0 Å². The topological polar surface area (TPSA) is 49.3 Å². The Hall–Kier alpha value is -1.52. The van der Waals surface area contributed by atoms with Crippen LogP contribution in [-0.2, 0) is 6.54 Å². The van der Waals surface area contributed by atoms with Crippen LogP contribution in [0.2, 0.25) is 5.02 Å². The summed E-state index contributed by atoms with van der Waals surface area (Å²) < 4.78 is 0.821. The first-order valence-corrected chi connectivity index (χ1v) is 6.74. The molecule has 0 saturated heterocycles. The number of phenolic OH excluding ortho intramolecular Hbond substituents is 1. The summed E-state index contributed by atoms with van der Waals surface area (Å²) in [7, 11) is 0. The van der Waals surface area contributed by atoms with E-state index < -0.39 is 0 Å². The average molecular weight is 341 g/mol. The van der Waals surface area contributed by atoms with Crippen molar-refractivity contribution in [1.82, 2.24) is 5.32 Å². The number of nitrogens with one attached hydrogen (secondary N) is 1. The third kappa shape index (κ3) is 3.72. The minimum Gasteiger partial charge on any atom is -0.508 e. The molecule has 2 aromatic carbocycles. The van der Waals surface area contributed by atoms with E-state index in [4.69, 9.17) is 11.6 Å². The zero-order valence-corrected chi connectivity index (χ0v) is 12.2. The Balaban J connectivity index is 2.05. The van der Waals surface area contributed by atoms with Crippen molar-refractivity contribution in [2.75, 3.05) is 0 Å². The molecule has 0 fully saturated rings. The summed E-state index contributed by atoms with van der Waals surface area (Å²) >= 11 is 9.29. The van der Waals surface area contributed by atoms with Gasteiger partial charge >= 0.3 is 0 Å². The summed E-state index contributed by atoms with van der Waals surface area (Å²) in [6, 6.07) is 11.8. The van der Waals surface area contributed by atoms with Gasteiger partial charge in [-0.25, -0.2) is 0 Å². The van der Waals surface area contributed by atoms with E-state index in [1.807, 2.05) is 6.07 Å². The van der Waals surface area contributed by atoms with Crippen LogP contribution in [0.1, 0.15) is 15.9 Å². The molecule has 0 spiro atoms. The van der Waals surface area contributed by atoms with Gasteiger partial charge in [0.2, 0.25) is 0 Å². The van der Waals surface area contributed by atoms with Gasteiger partial charge in [0.1, 0.15) is 5.75 Å². The van der Waals surface area contributed by atoms with E-state index >= 15 is 0 Å². The second kappa shape index (κ2) is 6.08. The van der Waals surface area contributed by atoms with Crippen molar-refractivity contribution in [3.63, 3.8) is 0 Å². The molecule has 0 aromatic heterocycles. The lowest BCUT2D eigenvalue weighted by Crippen LogP contribution is -2.23. The zero-order chi connectivity index (χ0) is 13.8. The summed E-state index contributed by atoms with van der Waals surface area (Å²) in [4.78, 5) is 12.0. The SMILES string of the molecule is O=C(NCc1cccc(O)c1)c1ccc(Br)cc1Cl. The van der Waals surface area contributed by atoms with Crippen molar-refractivity contribution in [3.8, 4) is 5.75 Å². The number of hydrogen-bond donors (Lipinski definition) is 2. The number of carbonyl (C=O) groups excluding carboxylic acids is 1. The van der Waals surface area contributed by atoms with Crippen LogP contribution in [0.4, 0.5) is 0 Å². The predicted octanol–water partition coefficient (Wildman–Crippen LogP) is 3.74. The van der Waals surface area contributed by atoms with E-state index in [-0.39, 0.29) is 11.7 Å². The van der Waals surface area contributed by atoms with E-state index in [1.165, 1.54) is 0 Å². The highest BCUT2D eigenvalue weighted by molar-refractivity contribution is 9.10. The second-order valence-electron chi connectivity index (χ2n) is 3.98. The molecule has 0 saturated carbocycles. The molecule has 3 nitrogen and oxygen atoms in total. The number of hydrogen-bond acceptors (Lipinski definition) is 2. The molecular weight excluding hydrogens is 330 g/mol. The molecule has 0 aliphatic carbocycles. The Morgan fingerprint density at radius 3 is 2.74 bits per heavy atom. The van der Waals surface area contributed by atoms with Gasteiger partial charge in [0, 0.05) is 11.0 Å². The molecule has 2 rings (SSSR count). The highest BCUT2D eigenvalue weighted by Gasteiger charge is 2.10. The minimum absolute atomic E-state index is 0.174. The Morgan fingerprint density at radius 1 is 1.26 bits per heavy atom. The molecule has 0 bridgehead atoms. The quantitative estimate of drug-likeness (QED) is 0.894. The lowest BCUT2D eigenvalue weighted by Gasteiger charge is -2.07. The van der Waals surface area contributed by atoms with E-state index in [9.17, 15) is 9.90 Å². The molecule has 0 heterocycles. The van der Waals surface area contributed by atoms with Gasteiger partial charge in [-0.2, -0.15) is 0 Å². The summed E-state index contributed by atoms with van der Waals surface area (Å²) in [6.45, 7) is 0.333. The molecule has 0 radical (unpaired) electrons. The Kier molecular flexibility index (Phi) is 4.45. The largest absolute Gasteiger partial charge is 0.508 e.